The van der Waals surface area contributed by atoms with Crippen LogP contribution in [0.25, 0.3) is 5.57 Å². The van der Waals surface area contributed by atoms with Gasteiger partial charge in [-0.05, 0) is 46.6 Å². The second kappa shape index (κ2) is 6.45. The van der Waals surface area contributed by atoms with E-state index in [1.807, 2.05) is 30.3 Å². The van der Waals surface area contributed by atoms with E-state index in [-0.39, 0.29) is 21.6 Å². The van der Waals surface area contributed by atoms with Crippen molar-refractivity contribution in [1.82, 2.24) is 0 Å². The third-order valence-corrected chi connectivity index (χ3v) is 4.12. The minimum Gasteiger partial charge on any atom is -0.506 e. The van der Waals surface area contributed by atoms with Gasteiger partial charge in [-0.2, -0.15) is 0 Å². The molecular formula is C19H12Cl2O2. The Morgan fingerprint density at radius 1 is 0.913 bits per heavy atom. The van der Waals surface area contributed by atoms with E-state index in [0.29, 0.717) is 0 Å². The first-order chi connectivity index (χ1) is 11.1. The summed E-state index contributed by atoms with van der Waals surface area (Å²) in [6.07, 6.45) is 4.83. The maximum atomic E-state index is 11.6. The highest BCUT2D eigenvalue weighted by atomic mass is 35.5. The van der Waals surface area contributed by atoms with Gasteiger partial charge < -0.3 is 5.11 Å². The van der Waals surface area contributed by atoms with Crippen LogP contribution >= 0.6 is 23.2 Å². The monoisotopic (exact) mass is 342 g/mol. The number of benzene rings is 2. The van der Waals surface area contributed by atoms with Crippen LogP contribution in [-0.4, -0.2) is 10.9 Å². The van der Waals surface area contributed by atoms with Gasteiger partial charge in [0.2, 0.25) is 0 Å². The smallest absolute Gasteiger partial charge is 0.197 e. The summed E-state index contributed by atoms with van der Waals surface area (Å²) in [6.45, 7) is 0. The van der Waals surface area contributed by atoms with Crippen LogP contribution in [0.1, 0.15) is 11.1 Å². The molecule has 0 saturated heterocycles. The van der Waals surface area contributed by atoms with Crippen LogP contribution in [0, 0.1) is 0 Å². The Labute approximate surface area is 144 Å². The molecule has 1 aliphatic carbocycles. The first-order valence-corrected chi connectivity index (χ1v) is 7.70. The first kappa shape index (κ1) is 15.6. The molecule has 0 fully saturated rings. The van der Waals surface area contributed by atoms with Crippen molar-refractivity contribution in [2.24, 2.45) is 0 Å². The van der Waals surface area contributed by atoms with E-state index >= 15 is 0 Å². The number of rotatable bonds is 2. The Morgan fingerprint density at radius 2 is 1.65 bits per heavy atom. The molecule has 0 amide bonds. The molecule has 0 heterocycles. The number of allylic oxidation sites excluding steroid dienone is 5. The molecule has 0 unspecified atom stereocenters. The number of hydrogen-bond acceptors (Lipinski definition) is 2. The Kier molecular flexibility index (Phi) is 4.37. The first-order valence-electron chi connectivity index (χ1n) is 6.94. The summed E-state index contributed by atoms with van der Waals surface area (Å²) < 4.78 is 0. The molecule has 4 heteroatoms. The molecule has 1 N–H and O–H groups in total. The molecule has 1 aliphatic rings. The van der Waals surface area contributed by atoms with Gasteiger partial charge in [-0.25, -0.2) is 0 Å². The number of hydrogen-bond donors (Lipinski definition) is 1. The van der Waals surface area contributed by atoms with E-state index in [4.69, 9.17) is 23.2 Å². The molecule has 0 bridgehead atoms. The van der Waals surface area contributed by atoms with Gasteiger partial charge in [0.1, 0.15) is 5.75 Å². The van der Waals surface area contributed by atoms with Gasteiger partial charge in [-0.3, -0.25) is 4.79 Å². The minimum atomic E-state index is -0.216. The number of phenols is 1. The van der Waals surface area contributed by atoms with Crippen molar-refractivity contribution < 1.29 is 9.90 Å². The zero-order valence-corrected chi connectivity index (χ0v) is 13.5. The van der Waals surface area contributed by atoms with E-state index in [9.17, 15) is 9.90 Å². The topological polar surface area (TPSA) is 37.3 Å². The van der Waals surface area contributed by atoms with Gasteiger partial charge in [-0.15, -0.1) is 0 Å². The Hall–Kier alpha value is -2.29. The lowest BCUT2D eigenvalue weighted by Gasteiger charge is -2.14. The lowest BCUT2D eigenvalue weighted by atomic mass is 9.91. The van der Waals surface area contributed by atoms with Gasteiger partial charge in [0.05, 0.1) is 10.1 Å². The van der Waals surface area contributed by atoms with Crippen LogP contribution in [-0.2, 0) is 4.79 Å². The number of carbonyl (C=O) groups excluding carboxylic acids is 1. The molecular weight excluding hydrogens is 331 g/mol. The summed E-state index contributed by atoms with van der Waals surface area (Å²) >= 11 is 12.0. The molecule has 0 spiro atoms. The van der Waals surface area contributed by atoms with Crippen LogP contribution in [0.3, 0.4) is 0 Å². The average Bonchev–Trinajstić information content (AvgIpc) is 2.55. The third-order valence-electron chi connectivity index (χ3n) is 3.52. The number of carbonyl (C=O) groups is 1. The number of phenolic OH excluding ortho intramolecular Hbond substituents is 1. The van der Waals surface area contributed by atoms with Crippen LogP contribution in [0.2, 0.25) is 5.02 Å². The van der Waals surface area contributed by atoms with Gasteiger partial charge in [0.25, 0.3) is 0 Å². The maximum absolute atomic E-state index is 11.6. The molecule has 2 aromatic rings. The molecule has 0 aliphatic heterocycles. The summed E-state index contributed by atoms with van der Waals surface area (Å²) in [7, 11) is 0. The van der Waals surface area contributed by atoms with Gasteiger partial charge in [0.15, 0.2) is 5.78 Å². The SMILES string of the molecule is O=C1C=C/C(=C(\c2ccccc2)c2ccc(O)c(Cl)c2)C=C1Cl. The van der Waals surface area contributed by atoms with Crippen molar-refractivity contribution in [1.29, 1.82) is 0 Å². The highest BCUT2D eigenvalue weighted by Crippen LogP contribution is 2.34. The summed E-state index contributed by atoms with van der Waals surface area (Å²) in [5.41, 5.74) is 3.48. The normalized spacial score (nSPS) is 16.3. The summed E-state index contributed by atoms with van der Waals surface area (Å²) in [6, 6.07) is 14.7. The third kappa shape index (κ3) is 3.24. The van der Waals surface area contributed by atoms with Crippen LogP contribution in [0.4, 0.5) is 0 Å². The molecule has 3 rings (SSSR count). The van der Waals surface area contributed by atoms with E-state index < -0.39 is 0 Å². The van der Waals surface area contributed by atoms with Crippen LogP contribution in [0.15, 0.2) is 77.4 Å². The van der Waals surface area contributed by atoms with Crippen molar-refractivity contribution in [3.63, 3.8) is 0 Å². The molecule has 2 nitrogen and oxygen atoms in total. The second-order valence-corrected chi connectivity index (χ2v) is 5.87. The molecule has 2 aromatic carbocycles. The Morgan fingerprint density at radius 3 is 2.30 bits per heavy atom. The molecule has 0 atom stereocenters. The van der Waals surface area contributed by atoms with Crippen LogP contribution < -0.4 is 0 Å². The van der Waals surface area contributed by atoms with Crippen molar-refractivity contribution in [3.05, 3.63) is 93.5 Å². The summed E-state index contributed by atoms with van der Waals surface area (Å²) in [4.78, 5) is 11.6. The molecule has 23 heavy (non-hydrogen) atoms. The number of halogens is 2. The van der Waals surface area contributed by atoms with E-state index in [1.165, 1.54) is 6.08 Å². The predicted octanol–water partition coefficient (Wildman–Crippen LogP) is 5.11. The zero-order valence-electron chi connectivity index (χ0n) is 12.0. The fraction of sp³-hybridized carbons (Fsp3) is 0. The van der Waals surface area contributed by atoms with E-state index in [0.717, 1.165) is 22.3 Å². The highest BCUT2D eigenvalue weighted by molar-refractivity contribution is 6.45. The molecule has 0 radical (unpaired) electrons. The lowest BCUT2D eigenvalue weighted by Crippen LogP contribution is -2.00. The molecule has 114 valence electrons. The number of ketones is 1. The molecule has 0 saturated carbocycles. The van der Waals surface area contributed by atoms with E-state index in [2.05, 4.69) is 0 Å². The standard InChI is InChI=1S/C19H12Cl2O2/c20-15-10-13(6-8-17(15)22)19(12-4-2-1-3-5-12)14-7-9-18(23)16(21)11-14/h1-11,22H/b19-14-. The van der Waals surface area contributed by atoms with Crippen molar-refractivity contribution in [2.45, 2.75) is 0 Å². The maximum Gasteiger partial charge on any atom is 0.197 e. The predicted molar refractivity (Wildman–Crippen MR) is 93.7 cm³/mol. The second-order valence-electron chi connectivity index (χ2n) is 5.05. The minimum absolute atomic E-state index is 0.0239. The van der Waals surface area contributed by atoms with Crippen LogP contribution in [0.5, 0.6) is 5.75 Å². The Balaban J connectivity index is 2.26. The van der Waals surface area contributed by atoms with Gasteiger partial charge in [0, 0.05) is 0 Å². The number of aromatic hydroxyl groups is 1. The lowest BCUT2D eigenvalue weighted by molar-refractivity contribution is -0.110. The Bertz CT molecular complexity index is 862. The van der Waals surface area contributed by atoms with Gasteiger partial charge in [-0.1, -0.05) is 65.7 Å². The van der Waals surface area contributed by atoms with Crippen molar-refractivity contribution in [3.8, 4) is 5.75 Å². The van der Waals surface area contributed by atoms with Crippen molar-refractivity contribution in [2.75, 3.05) is 0 Å². The quantitative estimate of drug-likeness (QED) is 0.823. The van der Waals surface area contributed by atoms with Gasteiger partial charge >= 0.3 is 0 Å². The fourth-order valence-electron chi connectivity index (χ4n) is 2.42. The van der Waals surface area contributed by atoms with E-state index in [1.54, 1.807) is 30.4 Å². The highest BCUT2D eigenvalue weighted by Gasteiger charge is 2.15. The average molecular weight is 343 g/mol. The summed E-state index contributed by atoms with van der Waals surface area (Å²) in [5, 5.41) is 10.1. The zero-order chi connectivity index (χ0) is 16.4. The van der Waals surface area contributed by atoms with Crippen molar-refractivity contribution >= 4 is 34.6 Å². The fourth-order valence-corrected chi connectivity index (χ4v) is 2.78. The summed E-state index contributed by atoms with van der Waals surface area (Å²) in [5.74, 6) is -0.192. The molecule has 0 aromatic heterocycles. The largest absolute Gasteiger partial charge is 0.506 e.